The summed E-state index contributed by atoms with van der Waals surface area (Å²) in [6.07, 6.45) is 7.18. The Labute approximate surface area is 111 Å². The Kier molecular flexibility index (Phi) is 3.69. The molecule has 2 aliphatic rings. The van der Waals surface area contributed by atoms with E-state index in [1.54, 1.807) is 0 Å². The van der Waals surface area contributed by atoms with Crippen LogP contribution in [0.4, 0.5) is 0 Å². The van der Waals surface area contributed by atoms with Gasteiger partial charge in [0.05, 0.1) is 0 Å². The lowest BCUT2D eigenvalue weighted by molar-refractivity contribution is 0.190. The van der Waals surface area contributed by atoms with Crippen molar-refractivity contribution in [1.82, 2.24) is 5.32 Å². The quantitative estimate of drug-likeness (QED) is 0.822. The highest BCUT2D eigenvalue weighted by Crippen LogP contribution is 2.42. The molecular weight excluding hydrogens is 218 g/mol. The molecule has 1 heterocycles. The molecule has 1 aliphatic carbocycles. The van der Waals surface area contributed by atoms with E-state index in [2.05, 4.69) is 42.6 Å². The fourth-order valence-electron chi connectivity index (χ4n) is 4.13. The minimum atomic E-state index is 0.612. The second-order valence-electron chi connectivity index (χ2n) is 6.33. The fraction of sp³-hybridized carbons (Fsp3) is 0.647. The lowest BCUT2D eigenvalue weighted by atomic mass is 9.72. The minimum absolute atomic E-state index is 0.612. The predicted octanol–water partition coefficient (Wildman–Crippen LogP) is 4.16. The summed E-state index contributed by atoms with van der Waals surface area (Å²) in [4.78, 5) is 0. The monoisotopic (exact) mass is 243 g/mol. The smallest absolute Gasteiger partial charge is 0.0351 e. The number of rotatable bonds is 2. The molecule has 2 fully saturated rings. The van der Waals surface area contributed by atoms with Gasteiger partial charge in [-0.2, -0.15) is 0 Å². The Morgan fingerprint density at radius 2 is 1.89 bits per heavy atom. The highest BCUT2D eigenvalue weighted by atomic mass is 15.0. The summed E-state index contributed by atoms with van der Waals surface area (Å²) in [7, 11) is 0. The average molecular weight is 243 g/mol. The summed E-state index contributed by atoms with van der Waals surface area (Å²) in [5.74, 6) is 2.77. The maximum absolute atomic E-state index is 3.74. The lowest BCUT2D eigenvalue weighted by Gasteiger charge is -2.34. The third-order valence-corrected chi connectivity index (χ3v) is 5.01. The van der Waals surface area contributed by atoms with Gasteiger partial charge in [0.25, 0.3) is 0 Å². The van der Waals surface area contributed by atoms with Gasteiger partial charge in [-0.15, -0.1) is 0 Å². The normalized spacial score (nSPS) is 36.7. The first kappa shape index (κ1) is 12.2. The van der Waals surface area contributed by atoms with E-state index in [1.807, 2.05) is 0 Å². The van der Waals surface area contributed by atoms with E-state index < -0.39 is 0 Å². The van der Waals surface area contributed by atoms with Gasteiger partial charge in [-0.3, -0.25) is 0 Å². The summed E-state index contributed by atoms with van der Waals surface area (Å²) in [6, 6.07) is 11.7. The minimum Gasteiger partial charge on any atom is -0.310 e. The molecular formula is C17H25N. The molecule has 1 saturated heterocycles. The molecule has 1 aromatic rings. The molecule has 1 heteroatoms. The average Bonchev–Trinajstić information content (AvgIpc) is 2.89. The van der Waals surface area contributed by atoms with Gasteiger partial charge in [0, 0.05) is 6.04 Å². The van der Waals surface area contributed by atoms with Crippen LogP contribution in [0.25, 0.3) is 0 Å². The van der Waals surface area contributed by atoms with E-state index in [9.17, 15) is 0 Å². The summed E-state index contributed by atoms with van der Waals surface area (Å²) in [5.41, 5.74) is 1.50. The molecule has 18 heavy (non-hydrogen) atoms. The van der Waals surface area contributed by atoms with Gasteiger partial charge >= 0.3 is 0 Å². The second-order valence-corrected chi connectivity index (χ2v) is 6.33. The maximum atomic E-state index is 3.74. The van der Waals surface area contributed by atoms with E-state index in [-0.39, 0.29) is 0 Å². The van der Waals surface area contributed by atoms with Crippen LogP contribution < -0.4 is 5.32 Å². The van der Waals surface area contributed by atoms with Crippen LogP contribution in [0.3, 0.4) is 0 Å². The molecule has 0 spiro atoms. The van der Waals surface area contributed by atoms with E-state index >= 15 is 0 Å². The van der Waals surface area contributed by atoms with Crippen LogP contribution >= 0.6 is 0 Å². The van der Waals surface area contributed by atoms with Crippen LogP contribution in [0.15, 0.2) is 30.3 Å². The van der Waals surface area contributed by atoms with E-state index in [0.29, 0.717) is 6.04 Å². The number of hydrogen-bond acceptors (Lipinski definition) is 1. The van der Waals surface area contributed by atoms with Gasteiger partial charge in [-0.1, -0.05) is 56.5 Å². The molecule has 1 aliphatic heterocycles. The lowest BCUT2D eigenvalue weighted by Crippen LogP contribution is -2.27. The van der Waals surface area contributed by atoms with Gasteiger partial charge in [-0.25, -0.2) is 0 Å². The van der Waals surface area contributed by atoms with Crippen molar-refractivity contribution in [1.29, 1.82) is 0 Å². The molecule has 1 N–H and O–H groups in total. The summed E-state index contributed by atoms with van der Waals surface area (Å²) in [6.45, 7) is 3.64. The SMILES string of the molecule is CC1CCCC(C2CCNC2c2ccccc2)C1. The fourth-order valence-corrected chi connectivity index (χ4v) is 4.13. The number of benzene rings is 1. The first-order chi connectivity index (χ1) is 8.84. The van der Waals surface area contributed by atoms with Crippen molar-refractivity contribution in [2.24, 2.45) is 17.8 Å². The molecule has 98 valence electrons. The molecule has 3 rings (SSSR count). The molecule has 0 aromatic heterocycles. The standard InChI is InChI=1S/C17H25N/c1-13-6-5-9-15(12-13)16-10-11-18-17(16)14-7-3-2-4-8-14/h2-4,7-8,13,15-18H,5-6,9-12H2,1H3. The van der Waals surface area contributed by atoms with Crippen molar-refractivity contribution in [3.8, 4) is 0 Å². The zero-order valence-electron chi connectivity index (χ0n) is 11.4. The first-order valence-electron chi connectivity index (χ1n) is 7.63. The van der Waals surface area contributed by atoms with Crippen LogP contribution in [-0.4, -0.2) is 6.54 Å². The molecule has 1 aromatic carbocycles. The zero-order chi connectivity index (χ0) is 12.4. The Balaban J connectivity index is 1.75. The maximum Gasteiger partial charge on any atom is 0.0351 e. The number of nitrogens with one attached hydrogen (secondary N) is 1. The van der Waals surface area contributed by atoms with Crippen molar-refractivity contribution in [3.63, 3.8) is 0 Å². The van der Waals surface area contributed by atoms with E-state index in [0.717, 1.165) is 17.8 Å². The van der Waals surface area contributed by atoms with Crippen molar-refractivity contribution < 1.29 is 0 Å². The van der Waals surface area contributed by atoms with Crippen molar-refractivity contribution in [3.05, 3.63) is 35.9 Å². The molecule has 4 unspecified atom stereocenters. The first-order valence-corrected chi connectivity index (χ1v) is 7.63. The molecule has 1 nitrogen and oxygen atoms in total. The van der Waals surface area contributed by atoms with Crippen molar-refractivity contribution in [2.75, 3.05) is 6.54 Å². The van der Waals surface area contributed by atoms with Gasteiger partial charge < -0.3 is 5.32 Å². The van der Waals surface area contributed by atoms with Gasteiger partial charge in [0.2, 0.25) is 0 Å². The molecule has 4 atom stereocenters. The largest absolute Gasteiger partial charge is 0.310 e. The second kappa shape index (κ2) is 5.44. The van der Waals surface area contributed by atoms with E-state index in [1.165, 1.54) is 44.2 Å². The van der Waals surface area contributed by atoms with Gasteiger partial charge in [0.1, 0.15) is 0 Å². The predicted molar refractivity (Wildman–Crippen MR) is 76.4 cm³/mol. The molecule has 0 amide bonds. The highest BCUT2D eigenvalue weighted by Gasteiger charge is 2.35. The van der Waals surface area contributed by atoms with Crippen molar-refractivity contribution >= 4 is 0 Å². The summed E-state index contributed by atoms with van der Waals surface area (Å²) < 4.78 is 0. The Hall–Kier alpha value is -0.820. The summed E-state index contributed by atoms with van der Waals surface area (Å²) >= 11 is 0. The van der Waals surface area contributed by atoms with Crippen molar-refractivity contribution in [2.45, 2.75) is 45.1 Å². The summed E-state index contributed by atoms with van der Waals surface area (Å²) in [5, 5.41) is 3.74. The third-order valence-electron chi connectivity index (χ3n) is 5.01. The Morgan fingerprint density at radius 3 is 2.67 bits per heavy atom. The van der Waals surface area contributed by atoms with Gasteiger partial charge in [0.15, 0.2) is 0 Å². The van der Waals surface area contributed by atoms with Crippen LogP contribution in [0, 0.1) is 17.8 Å². The zero-order valence-corrected chi connectivity index (χ0v) is 11.4. The third kappa shape index (κ3) is 2.47. The van der Waals surface area contributed by atoms with Gasteiger partial charge in [-0.05, 0) is 42.7 Å². The molecule has 1 saturated carbocycles. The van der Waals surface area contributed by atoms with Crippen LogP contribution in [0.1, 0.15) is 50.6 Å². The Morgan fingerprint density at radius 1 is 1.06 bits per heavy atom. The Bertz CT molecular complexity index is 372. The highest BCUT2D eigenvalue weighted by molar-refractivity contribution is 5.21. The van der Waals surface area contributed by atoms with Crippen LogP contribution in [-0.2, 0) is 0 Å². The van der Waals surface area contributed by atoms with Crippen LogP contribution in [0.5, 0.6) is 0 Å². The van der Waals surface area contributed by atoms with E-state index in [4.69, 9.17) is 0 Å². The number of hydrogen-bond donors (Lipinski definition) is 1. The van der Waals surface area contributed by atoms with Crippen LogP contribution in [0.2, 0.25) is 0 Å². The molecule has 0 radical (unpaired) electrons. The topological polar surface area (TPSA) is 12.0 Å². The molecule has 0 bridgehead atoms.